The van der Waals surface area contributed by atoms with Crippen LogP contribution in [-0.4, -0.2) is 49.5 Å². The van der Waals surface area contributed by atoms with Gasteiger partial charge in [-0.05, 0) is 32.4 Å². The van der Waals surface area contributed by atoms with E-state index < -0.39 is 6.10 Å². The van der Waals surface area contributed by atoms with Crippen LogP contribution in [0.25, 0.3) is 0 Å². The minimum absolute atomic E-state index is 0.0425. The minimum atomic E-state index is -0.427. The summed E-state index contributed by atoms with van der Waals surface area (Å²) in [5.41, 5.74) is 0. The highest BCUT2D eigenvalue weighted by Crippen LogP contribution is 2.07. The van der Waals surface area contributed by atoms with E-state index in [-0.39, 0.29) is 5.91 Å². The molecule has 1 heterocycles. The number of nitrogens with one attached hydrogen (secondary N) is 2. The highest BCUT2D eigenvalue weighted by atomic mass is 16.5. The number of rotatable bonds is 8. The third kappa shape index (κ3) is 6.93. The number of aliphatic hydroxyl groups is 1. The summed E-state index contributed by atoms with van der Waals surface area (Å²) in [7, 11) is 0. The lowest BCUT2D eigenvalue weighted by Crippen LogP contribution is -2.34. The Labute approximate surface area is 109 Å². The summed E-state index contributed by atoms with van der Waals surface area (Å²) in [6, 6.07) is 0. The molecule has 0 aromatic carbocycles. The Morgan fingerprint density at radius 3 is 2.89 bits per heavy atom. The van der Waals surface area contributed by atoms with Crippen LogP contribution in [0.15, 0.2) is 0 Å². The molecule has 0 aromatic heterocycles. The molecule has 1 rings (SSSR count). The molecule has 0 saturated carbocycles. The quantitative estimate of drug-likeness (QED) is 0.590. The van der Waals surface area contributed by atoms with Crippen LogP contribution in [-0.2, 0) is 9.53 Å². The molecule has 5 nitrogen and oxygen atoms in total. The zero-order valence-corrected chi connectivity index (χ0v) is 11.3. The van der Waals surface area contributed by atoms with Crippen molar-refractivity contribution in [3.05, 3.63) is 0 Å². The van der Waals surface area contributed by atoms with Crippen molar-refractivity contribution in [2.45, 2.75) is 51.2 Å². The van der Waals surface area contributed by atoms with E-state index in [1.54, 1.807) is 0 Å². The van der Waals surface area contributed by atoms with Crippen molar-refractivity contribution >= 4 is 5.91 Å². The van der Waals surface area contributed by atoms with Crippen molar-refractivity contribution in [3.63, 3.8) is 0 Å². The monoisotopic (exact) mass is 258 g/mol. The van der Waals surface area contributed by atoms with E-state index in [4.69, 9.17) is 4.74 Å². The smallest absolute Gasteiger partial charge is 0.222 e. The molecule has 3 N–H and O–H groups in total. The topological polar surface area (TPSA) is 70.6 Å². The Bertz CT molecular complexity index is 230. The van der Waals surface area contributed by atoms with Gasteiger partial charge in [0.2, 0.25) is 5.91 Å². The number of carbonyl (C=O) groups excluding carboxylic acids is 1. The predicted octanol–water partition coefficient (Wildman–Crippen LogP) is 0.422. The van der Waals surface area contributed by atoms with Crippen LogP contribution >= 0.6 is 0 Å². The Kier molecular flexibility index (Phi) is 7.96. The molecule has 18 heavy (non-hydrogen) atoms. The van der Waals surface area contributed by atoms with Gasteiger partial charge in [-0.3, -0.25) is 4.79 Å². The van der Waals surface area contributed by atoms with Crippen molar-refractivity contribution in [2.24, 2.45) is 0 Å². The van der Waals surface area contributed by atoms with Gasteiger partial charge in [0.05, 0.1) is 18.8 Å². The van der Waals surface area contributed by atoms with Crippen LogP contribution in [0.4, 0.5) is 0 Å². The van der Waals surface area contributed by atoms with Gasteiger partial charge in [-0.15, -0.1) is 0 Å². The molecular formula is C13H26N2O3. The van der Waals surface area contributed by atoms with E-state index in [0.29, 0.717) is 25.7 Å². The Hall–Kier alpha value is -0.650. The molecule has 1 amide bonds. The highest BCUT2D eigenvalue weighted by Gasteiger charge is 2.13. The molecule has 0 spiro atoms. The van der Waals surface area contributed by atoms with Crippen molar-refractivity contribution in [3.8, 4) is 0 Å². The first-order chi connectivity index (χ1) is 8.72. The van der Waals surface area contributed by atoms with Crippen molar-refractivity contribution in [1.82, 2.24) is 10.6 Å². The van der Waals surface area contributed by atoms with E-state index >= 15 is 0 Å². The van der Waals surface area contributed by atoms with Crippen molar-refractivity contribution < 1.29 is 14.6 Å². The molecule has 0 aromatic rings. The second-order valence-corrected chi connectivity index (χ2v) is 4.82. The number of carbonyl (C=O) groups is 1. The van der Waals surface area contributed by atoms with Crippen LogP contribution < -0.4 is 10.6 Å². The van der Waals surface area contributed by atoms with Gasteiger partial charge in [0.15, 0.2) is 0 Å². The van der Waals surface area contributed by atoms with E-state index in [1.165, 1.54) is 0 Å². The fourth-order valence-corrected chi connectivity index (χ4v) is 2.04. The number of amides is 1. The van der Waals surface area contributed by atoms with Gasteiger partial charge in [-0.1, -0.05) is 13.3 Å². The number of hydrogen-bond acceptors (Lipinski definition) is 4. The molecule has 5 heteroatoms. The summed E-state index contributed by atoms with van der Waals surface area (Å²) >= 11 is 0. The Morgan fingerprint density at radius 1 is 1.50 bits per heavy atom. The van der Waals surface area contributed by atoms with E-state index in [9.17, 15) is 9.90 Å². The zero-order valence-electron chi connectivity index (χ0n) is 11.3. The first kappa shape index (κ1) is 15.4. The molecule has 0 aliphatic carbocycles. The van der Waals surface area contributed by atoms with Gasteiger partial charge >= 0.3 is 0 Å². The standard InChI is InChI=1S/C13H26N2O3/c1-2-3-11(16)10-15-13(17)6-9-18-12-4-7-14-8-5-12/h11-12,14,16H,2-10H2,1H3,(H,15,17). The second-order valence-electron chi connectivity index (χ2n) is 4.82. The molecule has 0 bridgehead atoms. The number of aliphatic hydroxyl groups excluding tert-OH is 1. The third-order valence-electron chi connectivity index (χ3n) is 3.13. The van der Waals surface area contributed by atoms with Crippen molar-refractivity contribution in [1.29, 1.82) is 0 Å². The number of piperidine rings is 1. The lowest BCUT2D eigenvalue weighted by atomic mass is 10.1. The van der Waals surface area contributed by atoms with Gasteiger partial charge in [0.25, 0.3) is 0 Å². The van der Waals surface area contributed by atoms with E-state index in [2.05, 4.69) is 10.6 Å². The molecule has 0 radical (unpaired) electrons. The van der Waals surface area contributed by atoms with Crippen molar-refractivity contribution in [2.75, 3.05) is 26.2 Å². The van der Waals surface area contributed by atoms with Gasteiger partial charge in [-0.2, -0.15) is 0 Å². The van der Waals surface area contributed by atoms with Crippen LogP contribution in [0.1, 0.15) is 39.0 Å². The van der Waals surface area contributed by atoms with Crippen LogP contribution in [0.2, 0.25) is 0 Å². The fraction of sp³-hybridized carbons (Fsp3) is 0.923. The SMILES string of the molecule is CCCC(O)CNC(=O)CCOC1CCNCC1. The van der Waals surface area contributed by atoms with Gasteiger partial charge in [-0.25, -0.2) is 0 Å². The number of hydrogen-bond donors (Lipinski definition) is 3. The molecule has 1 saturated heterocycles. The molecular weight excluding hydrogens is 232 g/mol. The summed E-state index contributed by atoms with van der Waals surface area (Å²) in [6.45, 7) is 4.83. The Morgan fingerprint density at radius 2 is 2.22 bits per heavy atom. The summed E-state index contributed by atoms with van der Waals surface area (Å²) in [5.74, 6) is -0.0425. The molecule has 1 aliphatic heterocycles. The molecule has 106 valence electrons. The second kappa shape index (κ2) is 9.30. The lowest BCUT2D eigenvalue weighted by Gasteiger charge is -2.22. The first-order valence-corrected chi connectivity index (χ1v) is 6.99. The van der Waals surface area contributed by atoms with Crippen LogP contribution in [0.3, 0.4) is 0 Å². The van der Waals surface area contributed by atoms with Crippen LogP contribution in [0.5, 0.6) is 0 Å². The number of ether oxygens (including phenoxy) is 1. The molecule has 1 aliphatic rings. The maximum absolute atomic E-state index is 11.5. The first-order valence-electron chi connectivity index (χ1n) is 6.99. The summed E-state index contributed by atoms with van der Waals surface area (Å²) in [6.07, 6.45) is 3.95. The average Bonchev–Trinajstić information content (AvgIpc) is 2.38. The summed E-state index contributed by atoms with van der Waals surface area (Å²) < 4.78 is 5.64. The third-order valence-corrected chi connectivity index (χ3v) is 3.13. The summed E-state index contributed by atoms with van der Waals surface area (Å²) in [4.78, 5) is 11.5. The maximum atomic E-state index is 11.5. The predicted molar refractivity (Wildman–Crippen MR) is 70.4 cm³/mol. The molecule has 1 unspecified atom stereocenters. The lowest BCUT2D eigenvalue weighted by molar-refractivity contribution is -0.123. The molecule has 1 atom stereocenters. The van der Waals surface area contributed by atoms with E-state index in [0.717, 1.165) is 38.8 Å². The van der Waals surface area contributed by atoms with Crippen LogP contribution in [0, 0.1) is 0 Å². The van der Waals surface area contributed by atoms with Gasteiger partial charge in [0.1, 0.15) is 0 Å². The van der Waals surface area contributed by atoms with Gasteiger partial charge in [0, 0.05) is 13.0 Å². The largest absolute Gasteiger partial charge is 0.391 e. The average molecular weight is 258 g/mol. The summed E-state index contributed by atoms with van der Waals surface area (Å²) in [5, 5.41) is 15.5. The van der Waals surface area contributed by atoms with Gasteiger partial charge < -0.3 is 20.5 Å². The Balaban J connectivity index is 1.99. The highest BCUT2D eigenvalue weighted by molar-refractivity contribution is 5.75. The zero-order chi connectivity index (χ0) is 13.2. The minimum Gasteiger partial charge on any atom is -0.391 e. The molecule has 1 fully saturated rings. The maximum Gasteiger partial charge on any atom is 0.222 e. The normalized spacial score (nSPS) is 18.6. The fourth-order valence-electron chi connectivity index (χ4n) is 2.04. The van der Waals surface area contributed by atoms with E-state index in [1.807, 2.05) is 6.92 Å².